The summed E-state index contributed by atoms with van der Waals surface area (Å²) in [5, 5.41) is 17.7. The van der Waals surface area contributed by atoms with Crippen LogP contribution in [0.4, 0.5) is 0 Å². The first-order chi connectivity index (χ1) is 5.11. The van der Waals surface area contributed by atoms with E-state index >= 15 is 0 Å². The average molecular weight is 152 g/mol. The highest BCUT2D eigenvalue weighted by molar-refractivity contribution is 5.30. The molecule has 0 atom stereocenters. The lowest BCUT2D eigenvalue weighted by molar-refractivity contribution is -0.0429. The van der Waals surface area contributed by atoms with Crippen molar-refractivity contribution < 1.29 is 10.2 Å². The summed E-state index contributed by atoms with van der Waals surface area (Å²) in [5.41, 5.74) is 2.63. The third kappa shape index (κ3) is 1.79. The van der Waals surface area contributed by atoms with Crippen LogP contribution in [0, 0.1) is 13.8 Å². The molecule has 0 aliphatic rings. The van der Waals surface area contributed by atoms with Crippen molar-refractivity contribution in [1.29, 1.82) is 0 Å². The van der Waals surface area contributed by atoms with Crippen molar-refractivity contribution in [2.45, 2.75) is 20.1 Å². The first-order valence-electron chi connectivity index (χ1n) is 3.54. The first kappa shape index (κ1) is 8.24. The molecule has 0 saturated heterocycles. The van der Waals surface area contributed by atoms with E-state index in [0.717, 1.165) is 11.1 Å². The molecule has 0 aromatic heterocycles. The molecule has 1 aromatic carbocycles. The molecule has 1 rings (SSSR count). The Labute approximate surface area is 66.1 Å². The fraction of sp³-hybridized carbons (Fsp3) is 0.333. The Morgan fingerprint density at radius 2 is 1.82 bits per heavy atom. The van der Waals surface area contributed by atoms with Crippen LogP contribution in [-0.2, 0) is 0 Å². The molecule has 1 aromatic rings. The predicted octanol–water partition coefficient (Wildman–Crippen LogP) is 1.29. The summed E-state index contributed by atoms with van der Waals surface area (Å²) >= 11 is 0. The zero-order valence-electron chi connectivity index (χ0n) is 6.70. The Morgan fingerprint density at radius 1 is 1.18 bits per heavy atom. The van der Waals surface area contributed by atoms with Gasteiger partial charge in [0, 0.05) is 5.56 Å². The van der Waals surface area contributed by atoms with Gasteiger partial charge in [0.15, 0.2) is 6.29 Å². The largest absolute Gasteiger partial charge is 0.364 e. The van der Waals surface area contributed by atoms with Gasteiger partial charge in [-0.15, -0.1) is 0 Å². The molecular weight excluding hydrogens is 140 g/mol. The van der Waals surface area contributed by atoms with Crippen molar-refractivity contribution in [3.8, 4) is 0 Å². The molecule has 0 aliphatic heterocycles. The summed E-state index contributed by atoms with van der Waals surface area (Å²) in [6, 6.07) is 5.52. The fourth-order valence-electron chi connectivity index (χ4n) is 1.12. The second-order valence-electron chi connectivity index (χ2n) is 2.73. The highest BCUT2D eigenvalue weighted by Gasteiger charge is 2.04. The van der Waals surface area contributed by atoms with Crippen LogP contribution in [0.1, 0.15) is 23.0 Å². The monoisotopic (exact) mass is 152 g/mol. The molecule has 0 spiro atoms. The van der Waals surface area contributed by atoms with Gasteiger partial charge in [0.1, 0.15) is 0 Å². The van der Waals surface area contributed by atoms with E-state index in [-0.39, 0.29) is 0 Å². The molecule has 0 amide bonds. The van der Waals surface area contributed by atoms with Gasteiger partial charge < -0.3 is 10.2 Å². The van der Waals surface area contributed by atoms with Gasteiger partial charge in [0.05, 0.1) is 0 Å². The standard InChI is InChI=1S/C9H12O2/c1-6-3-4-8(9(10)11)7(2)5-6/h3-5,9-11H,1-2H3. The van der Waals surface area contributed by atoms with Crippen molar-refractivity contribution >= 4 is 0 Å². The molecule has 11 heavy (non-hydrogen) atoms. The van der Waals surface area contributed by atoms with Gasteiger partial charge in [-0.2, -0.15) is 0 Å². The van der Waals surface area contributed by atoms with Gasteiger partial charge in [-0.25, -0.2) is 0 Å². The Hall–Kier alpha value is -0.860. The van der Waals surface area contributed by atoms with Crippen LogP contribution in [-0.4, -0.2) is 10.2 Å². The van der Waals surface area contributed by atoms with E-state index in [9.17, 15) is 0 Å². The van der Waals surface area contributed by atoms with Crippen LogP contribution in [0.3, 0.4) is 0 Å². The minimum atomic E-state index is -1.35. The molecule has 2 nitrogen and oxygen atoms in total. The molecule has 60 valence electrons. The van der Waals surface area contributed by atoms with E-state index < -0.39 is 6.29 Å². The number of rotatable bonds is 1. The maximum Gasteiger partial charge on any atom is 0.178 e. The van der Waals surface area contributed by atoms with Gasteiger partial charge in [-0.1, -0.05) is 23.8 Å². The summed E-state index contributed by atoms with van der Waals surface area (Å²) < 4.78 is 0. The lowest BCUT2D eigenvalue weighted by atomic mass is 10.1. The number of aliphatic hydroxyl groups is 2. The first-order valence-corrected chi connectivity index (χ1v) is 3.54. The minimum absolute atomic E-state index is 0.579. The third-order valence-electron chi connectivity index (χ3n) is 1.70. The van der Waals surface area contributed by atoms with Gasteiger partial charge in [-0.05, 0) is 19.4 Å². The zero-order valence-corrected chi connectivity index (χ0v) is 6.70. The predicted molar refractivity (Wildman–Crippen MR) is 43.1 cm³/mol. The molecule has 0 fully saturated rings. The summed E-state index contributed by atoms with van der Waals surface area (Å²) in [5.74, 6) is 0. The lowest BCUT2D eigenvalue weighted by Gasteiger charge is -2.07. The Balaban J connectivity index is 3.09. The van der Waals surface area contributed by atoms with E-state index in [1.807, 2.05) is 26.0 Å². The number of benzene rings is 1. The molecule has 2 heteroatoms. The SMILES string of the molecule is Cc1ccc(C(O)O)c(C)c1. The van der Waals surface area contributed by atoms with E-state index in [2.05, 4.69) is 0 Å². The van der Waals surface area contributed by atoms with Crippen molar-refractivity contribution in [2.75, 3.05) is 0 Å². The summed E-state index contributed by atoms with van der Waals surface area (Å²) in [4.78, 5) is 0. The van der Waals surface area contributed by atoms with Gasteiger partial charge in [0.25, 0.3) is 0 Å². The summed E-state index contributed by atoms with van der Waals surface area (Å²) in [6.07, 6.45) is -1.35. The normalized spacial score (nSPS) is 10.6. The molecular formula is C9H12O2. The Morgan fingerprint density at radius 3 is 2.27 bits per heavy atom. The van der Waals surface area contributed by atoms with Gasteiger partial charge in [0.2, 0.25) is 0 Å². The quantitative estimate of drug-likeness (QED) is 0.595. The van der Waals surface area contributed by atoms with Gasteiger partial charge in [-0.3, -0.25) is 0 Å². The molecule has 0 unspecified atom stereocenters. The molecule has 0 bridgehead atoms. The Kier molecular flexibility index (Phi) is 2.27. The van der Waals surface area contributed by atoms with Crippen LogP contribution in [0.25, 0.3) is 0 Å². The van der Waals surface area contributed by atoms with Crippen LogP contribution in [0.15, 0.2) is 18.2 Å². The number of hydrogen-bond donors (Lipinski definition) is 2. The van der Waals surface area contributed by atoms with Crippen LogP contribution in [0.2, 0.25) is 0 Å². The third-order valence-corrected chi connectivity index (χ3v) is 1.70. The lowest BCUT2D eigenvalue weighted by Crippen LogP contribution is -1.97. The van der Waals surface area contributed by atoms with Crippen molar-refractivity contribution in [2.24, 2.45) is 0 Å². The van der Waals surface area contributed by atoms with Crippen LogP contribution < -0.4 is 0 Å². The van der Waals surface area contributed by atoms with E-state index in [0.29, 0.717) is 5.56 Å². The maximum absolute atomic E-state index is 8.85. The van der Waals surface area contributed by atoms with E-state index in [1.54, 1.807) is 6.07 Å². The number of aliphatic hydroxyl groups excluding tert-OH is 1. The maximum atomic E-state index is 8.85. The molecule has 2 N–H and O–H groups in total. The summed E-state index contributed by atoms with van der Waals surface area (Å²) in [6.45, 7) is 3.84. The highest BCUT2D eigenvalue weighted by atomic mass is 16.5. The van der Waals surface area contributed by atoms with Gasteiger partial charge >= 0.3 is 0 Å². The number of hydrogen-bond acceptors (Lipinski definition) is 2. The highest BCUT2D eigenvalue weighted by Crippen LogP contribution is 2.15. The second kappa shape index (κ2) is 3.03. The molecule has 0 radical (unpaired) electrons. The topological polar surface area (TPSA) is 40.5 Å². The van der Waals surface area contributed by atoms with Crippen molar-refractivity contribution in [1.82, 2.24) is 0 Å². The van der Waals surface area contributed by atoms with Crippen molar-refractivity contribution in [3.63, 3.8) is 0 Å². The average Bonchev–Trinajstić information content (AvgIpc) is 1.85. The smallest absolute Gasteiger partial charge is 0.178 e. The second-order valence-corrected chi connectivity index (χ2v) is 2.73. The molecule has 0 aliphatic carbocycles. The fourth-order valence-corrected chi connectivity index (χ4v) is 1.12. The molecule has 0 saturated carbocycles. The summed E-state index contributed by atoms with van der Waals surface area (Å²) in [7, 11) is 0. The van der Waals surface area contributed by atoms with E-state index in [1.165, 1.54) is 0 Å². The zero-order chi connectivity index (χ0) is 8.43. The Bertz CT molecular complexity index is 254. The molecule has 0 heterocycles. The van der Waals surface area contributed by atoms with E-state index in [4.69, 9.17) is 10.2 Å². The van der Waals surface area contributed by atoms with Crippen LogP contribution in [0.5, 0.6) is 0 Å². The van der Waals surface area contributed by atoms with Crippen LogP contribution >= 0.6 is 0 Å². The van der Waals surface area contributed by atoms with Crippen molar-refractivity contribution in [3.05, 3.63) is 34.9 Å². The minimum Gasteiger partial charge on any atom is -0.364 e. The number of aryl methyl sites for hydroxylation is 2.